The van der Waals surface area contributed by atoms with Crippen LogP contribution in [0.3, 0.4) is 0 Å². The smallest absolute Gasteiger partial charge is 0.304 e. The zero-order valence-corrected chi connectivity index (χ0v) is 14.4. The normalized spacial score (nSPS) is 15.9. The van der Waals surface area contributed by atoms with Gasteiger partial charge in [0.2, 0.25) is 0 Å². The summed E-state index contributed by atoms with van der Waals surface area (Å²) in [5.74, 6) is 0.959. The van der Waals surface area contributed by atoms with E-state index in [-0.39, 0.29) is 17.8 Å². The summed E-state index contributed by atoms with van der Waals surface area (Å²) < 4.78 is 11.8. The van der Waals surface area contributed by atoms with Crippen molar-refractivity contribution in [2.75, 3.05) is 14.2 Å². The lowest BCUT2D eigenvalue weighted by Gasteiger charge is -2.23. The van der Waals surface area contributed by atoms with Crippen molar-refractivity contribution in [3.63, 3.8) is 0 Å². The average Bonchev–Trinajstić information content (AvgIpc) is 3.17. The maximum absolute atomic E-state index is 11.2. The number of carboxylic acids is 1. The highest BCUT2D eigenvalue weighted by atomic mass is 79.9. The van der Waals surface area contributed by atoms with Crippen LogP contribution < -0.4 is 9.47 Å². The molecule has 116 valence electrons. The molecule has 4 nitrogen and oxygen atoms in total. The summed E-state index contributed by atoms with van der Waals surface area (Å²) in [5.41, 5.74) is 1.75. The van der Waals surface area contributed by atoms with E-state index in [9.17, 15) is 9.90 Å². The Kier molecular flexibility index (Phi) is 4.51. The minimum Gasteiger partial charge on any atom is -0.495 e. The molecule has 0 amide bonds. The Morgan fingerprint density at radius 2 is 1.90 bits per heavy atom. The fourth-order valence-corrected chi connectivity index (χ4v) is 3.61. The number of carbonyl (C=O) groups is 1. The van der Waals surface area contributed by atoms with Crippen LogP contribution >= 0.6 is 15.9 Å². The van der Waals surface area contributed by atoms with Crippen molar-refractivity contribution in [3.8, 4) is 11.5 Å². The van der Waals surface area contributed by atoms with Crippen molar-refractivity contribution in [3.05, 3.63) is 21.7 Å². The molecule has 0 saturated heterocycles. The Morgan fingerprint density at radius 1 is 1.33 bits per heavy atom. The third kappa shape index (κ3) is 2.89. The van der Waals surface area contributed by atoms with Crippen LogP contribution in [0.25, 0.3) is 0 Å². The van der Waals surface area contributed by atoms with Crippen molar-refractivity contribution in [1.82, 2.24) is 0 Å². The lowest BCUT2D eigenvalue weighted by Crippen LogP contribution is -2.15. The van der Waals surface area contributed by atoms with Gasteiger partial charge in [-0.15, -0.1) is 0 Å². The second-order valence-electron chi connectivity index (χ2n) is 5.90. The lowest BCUT2D eigenvalue weighted by atomic mass is 9.87. The number of benzene rings is 1. The molecule has 1 aliphatic carbocycles. The Bertz CT molecular complexity index is 562. The van der Waals surface area contributed by atoms with Crippen LogP contribution in [0.5, 0.6) is 11.5 Å². The molecule has 0 aliphatic heterocycles. The maximum Gasteiger partial charge on any atom is 0.304 e. The number of aliphatic carboxylic acids is 1. The standard InChI is InChI=1S/C16H21BrO4/c1-9(2)10-7-11(16(5-6-16)8-12(18)19)15(21-4)13(17)14(10)20-3/h7,9H,5-6,8H2,1-4H3,(H,18,19). The van der Waals surface area contributed by atoms with Gasteiger partial charge in [-0.25, -0.2) is 0 Å². The van der Waals surface area contributed by atoms with E-state index in [1.165, 1.54) is 0 Å². The Hall–Kier alpha value is -1.23. The minimum absolute atomic E-state index is 0.139. The number of rotatable bonds is 6. The first kappa shape index (κ1) is 16.1. The molecule has 0 spiro atoms. The van der Waals surface area contributed by atoms with Gasteiger partial charge in [0.1, 0.15) is 16.0 Å². The van der Waals surface area contributed by atoms with E-state index in [0.29, 0.717) is 5.75 Å². The van der Waals surface area contributed by atoms with E-state index in [0.717, 1.165) is 34.2 Å². The monoisotopic (exact) mass is 356 g/mol. The molecule has 0 heterocycles. The van der Waals surface area contributed by atoms with Crippen molar-refractivity contribution >= 4 is 21.9 Å². The fourth-order valence-electron chi connectivity index (χ4n) is 2.85. The molecule has 1 aliphatic rings. The number of halogens is 1. The Balaban J connectivity index is 2.63. The van der Waals surface area contributed by atoms with Crippen LogP contribution in [0, 0.1) is 0 Å². The van der Waals surface area contributed by atoms with Crippen LogP contribution in [0.4, 0.5) is 0 Å². The van der Waals surface area contributed by atoms with Gasteiger partial charge >= 0.3 is 5.97 Å². The van der Waals surface area contributed by atoms with E-state index in [2.05, 4.69) is 35.8 Å². The van der Waals surface area contributed by atoms with Crippen molar-refractivity contribution in [1.29, 1.82) is 0 Å². The molecule has 0 atom stereocenters. The number of ether oxygens (including phenoxy) is 2. The summed E-state index contributed by atoms with van der Waals surface area (Å²) in [6.45, 7) is 4.19. The molecule has 2 rings (SSSR count). The van der Waals surface area contributed by atoms with Crippen LogP contribution in [0.2, 0.25) is 0 Å². The van der Waals surface area contributed by atoms with Gasteiger partial charge in [0, 0.05) is 11.0 Å². The lowest BCUT2D eigenvalue weighted by molar-refractivity contribution is -0.137. The van der Waals surface area contributed by atoms with E-state index in [1.54, 1.807) is 14.2 Å². The summed E-state index contributed by atoms with van der Waals surface area (Å²) in [6, 6.07) is 2.06. The van der Waals surface area contributed by atoms with Crippen molar-refractivity contribution < 1.29 is 19.4 Å². The summed E-state index contributed by atoms with van der Waals surface area (Å²) >= 11 is 3.56. The summed E-state index contributed by atoms with van der Waals surface area (Å²) in [4.78, 5) is 11.2. The van der Waals surface area contributed by atoms with Crippen LogP contribution in [0.1, 0.15) is 50.2 Å². The molecule has 0 aromatic heterocycles. The third-order valence-electron chi connectivity index (χ3n) is 4.15. The average molecular weight is 357 g/mol. The topological polar surface area (TPSA) is 55.8 Å². The van der Waals surface area contributed by atoms with Crippen LogP contribution in [0.15, 0.2) is 10.5 Å². The number of carboxylic acid groups (broad SMARTS) is 1. The zero-order chi connectivity index (χ0) is 15.8. The number of methoxy groups -OCH3 is 2. The molecule has 5 heteroatoms. The molecule has 0 unspecified atom stereocenters. The molecule has 1 aromatic carbocycles. The van der Waals surface area contributed by atoms with Crippen LogP contribution in [-0.2, 0) is 10.2 Å². The number of hydrogen-bond donors (Lipinski definition) is 1. The molecule has 1 aromatic rings. The first-order valence-corrected chi connectivity index (χ1v) is 7.82. The van der Waals surface area contributed by atoms with Crippen molar-refractivity contribution in [2.24, 2.45) is 0 Å². The van der Waals surface area contributed by atoms with Gasteiger partial charge in [0.05, 0.1) is 20.6 Å². The van der Waals surface area contributed by atoms with Crippen LogP contribution in [-0.4, -0.2) is 25.3 Å². The molecule has 1 N–H and O–H groups in total. The van der Waals surface area contributed by atoms with Gasteiger partial charge in [-0.05, 0) is 46.3 Å². The second kappa shape index (κ2) is 5.87. The highest BCUT2D eigenvalue weighted by Crippen LogP contribution is 2.57. The quantitative estimate of drug-likeness (QED) is 0.833. The van der Waals surface area contributed by atoms with Gasteiger partial charge in [-0.3, -0.25) is 4.79 Å². The first-order valence-electron chi connectivity index (χ1n) is 7.03. The Labute approximate surface area is 133 Å². The van der Waals surface area contributed by atoms with E-state index in [4.69, 9.17) is 9.47 Å². The minimum atomic E-state index is -0.771. The Morgan fingerprint density at radius 3 is 2.29 bits per heavy atom. The van der Waals surface area contributed by atoms with Gasteiger partial charge < -0.3 is 14.6 Å². The predicted octanol–water partition coefficient (Wildman–Crippen LogP) is 4.10. The SMILES string of the molecule is COc1c(C(C)C)cc(C2(CC(=O)O)CC2)c(OC)c1Br. The summed E-state index contributed by atoms with van der Waals surface area (Å²) in [5, 5.41) is 9.19. The van der Waals surface area contributed by atoms with E-state index < -0.39 is 5.97 Å². The molecule has 0 radical (unpaired) electrons. The first-order chi connectivity index (χ1) is 9.86. The summed E-state index contributed by atoms with van der Waals surface area (Å²) in [7, 11) is 3.24. The molecule has 0 bridgehead atoms. The van der Waals surface area contributed by atoms with Gasteiger partial charge in [-0.2, -0.15) is 0 Å². The van der Waals surface area contributed by atoms with Gasteiger partial charge in [-0.1, -0.05) is 13.8 Å². The molecular formula is C16H21BrO4. The molecule has 1 fully saturated rings. The molecule has 1 saturated carbocycles. The highest BCUT2D eigenvalue weighted by molar-refractivity contribution is 9.10. The largest absolute Gasteiger partial charge is 0.495 e. The molecule has 21 heavy (non-hydrogen) atoms. The highest BCUT2D eigenvalue weighted by Gasteiger charge is 2.48. The van der Waals surface area contributed by atoms with Crippen molar-refractivity contribution in [2.45, 2.75) is 44.4 Å². The zero-order valence-electron chi connectivity index (χ0n) is 12.8. The second-order valence-corrected chi connectivity index (χ2v) is 6.69. The maximum atomic E-state index is 11.2. The number of hydrogen-bond acceptors (Lipinski definition) is 3. The van der Waals surface area contributed by atoms with E-state index >= 15 is 0 Å². The molecular weight excluding hydrogens is 336 g/mol. The predicted molar refractivity (Wildman–Crippen MR) is 84.5 cm³/mol. The van der Waals surface area contributed by atoms with Gasteiger partial charge in [0.25, 0.3) is 0 Å². The fraction of sp³-hybridized carbons (Fsp3) is 0.562. The summed E-state index contributed by atoms with van der Waals surface area (Å²) in [6.07, 6.45) is 1.90. The third-order valence-corrected chi connectivity index (χ3v) is 4.87. The van der Waals surface area contributed by atoms with E-state index in [1.807, 2.05) is 0 Å². The van der Waals surface area contributed by atoms with Gasteiger partial charge in [0.15, 0.2) is 0 Å².